The van der Waals surface area contributed by atoms with Crippen LogP contribution in [0.3, 0.4) is 0 Å². The summed E-state index contributed by atoms with van der Waals surface area (Å²) in [5.74, 6) is 0.911. The lowest BCUT2D eigenvalue weighted by molar-refractivity contribution is 0.0692. The van der Waals surface area contributed by atoms with Gasteiger partial charge >= 0.3 is 5.97 Å². The maximum atomic E-state index is 11.1. The Morgan fingerprint density at radius 3 is 2.65 bits per heavy atom. The van der Waals surface area contributed by atoms with Crippen LogP contribution >= 0.6 is 0 Å². The normalized spacial score (nSPS) is 19.1. The van der Waals surface area contributed by atoms with Gasteiger partial charge in [0.05, 0.1) is 6.61 Å². The molecule has 1 aromatic rings. The average Bonchev–Trinajstić information content (AvgIpc) is 3.17. The van der Waals surface area contributed by atoms with Crippen molar-refractivity contribution in [3.05, 3.63) is 29.3 Å². The number of hydrogen-bond donors (Lipinski definition) is 1. The number of ether oxygens (including phenoxy) is 1. The molecule has 2 fully saturated rings. The van der Waals surface area contributed by atoms with Gasteiger partial charge in [0.1, 0.15) is 11.3 Å². The van der Waals surface area contributed by atoms with E-state index in [-0.39, 0.29) is 5.56 Å². The van der Waals surface area contributed by atoms with Crippen molar-refractivity contribution in [2.24, 2.45) is 5.92 Å². The molecule has 2 saturated carbocycles. The van der Waals surface area contributed by atoms with E-state index < -0.39 is 5.97 Å². The van der Waals surface area contributed by atoms with E-state index in [0.717, 1.165) is 0 Å². The van der Waals surface area contributed by atoms with Crippen LogP contribution in [-0.2, 0) is 0 Å². The molecule has 3 heteroatoms. The molecule has 0 amide bonds. The molecule has 3 rings (SSSR count). The van der Waals surface area contributed by atoms with Crippen LogP contribution in [0.4, 0.5) is 0 Å². The van der Waals surface area contributed by atoms with E-state index >= 15 is 0 Å². The van der Waals surface area contributed by atoms with Crippen molar-refractivity contribution in [1.82, 2.24) is 0 Å². The van der Waals surface area contributed by atoms with Crippen LogP contribution in [0.2, 0.25) is 0 Å². The molecule has 0 atom stereocenters. The molecular weight excluding hydrogens is 216 g/mol. The summed E-state index contributed by atoms with van der Waals surface area (Å²) in [6.07, 6.45) is 4.86. The fraction of sp³-hybridized carbons (Fsp3) is 0.500. The summed E-state index contributed by atoms with van der Waals surface area (Å²) < 4.78 is 5.66. The highest BCUT2D eigenvalue weighted by atomic mass is 16.5. The second-order valence-corrected chi connectivity index (χ2v) is 5.09. The molecule has 0 saturated heterocycles. The van der Waals surface area contributed by atoms with E-state index in [4.69, 9.17) is 9.84 Å². The highest BCUT2D eigenvalue weighted by molar-refractivity contribution is 5.91. The number of carbonyl (C=O) groups is 1. The van der Waals surface area contributed by atoms with E-state index in [1.165, 1.54) is 31.2 Å². The van der Waals surface area contributed by atoms with Crippen molar-refractivity contribution in [2.45, 2.75) is 31.6 Å². The van der Waals surface area contributed by atoms with Gasteiger partial charge in [0.2, 0.25) is 0 Å². The van der Waals surface area contributed by atoms with Crippen LogP contribution < -0.4 is 4.74 Å². The third-order valence-corrected chi connectivity index (χ3v) is 3.46. The summed E-state index contributed by atoms with van der Waals surface area (Å²) in [6, 6.07) is 5.52. The van der Waals surface area contributed by atoms with Gasteiger partial charge in [0.25, 0.3) is 0 Å². The predicted octanol–water partition coefficient (Wildman–Crippen LogP) is 3.05. The number of benzene rings is 1. The summed E-state index contributed by atoms with van der Waals surface area (Å²) in [5.41, 5.74) is 1.51. The van der Waals surface area contributed by atoms with Crippen LogP contribution in [0, 0.1) is 5.92 Å². The fourth-order valence-corrected chi connectivity index (χ4v) is 2.00. The second kappa shape index (κ2) is 4.06. The summed E-state index contributed by atoms with van der Waals surface area (Å²) >= 11 is 0. The molecule has 0 aromatic heterocycles. The molecule has 0 unspecified atom stereocenters. The van der Waals surface area contributed by atoms with E-state index in [2.05, 4.69) is 0 Å². The van der Waals surface area contributed by atoms with Gasteiger partial charge in [-0.05, 0) is 55.2 Å². The van der Waals surface area contributed by atoms with Crippen molar-refractivity contribution in [2.75, 3.05) is 6.61 Å². The minimum Gasteiger partial charge on any atom is -0.492 e. The zero-order chi connectivity index (χ0) is 11.8. The monoisotopic (exact) mass is 232 g/mol. The quantitative estimate of drug-likeness (QED) is 0.848. The lowest BCUT2D eigenvalue weighted by Gasteiger charge is -2.10. The first kappa shape index (κ1) is 10.6. The lowest BCUT2D eigenvalue weighted by atomic mass is 10.1. The summed E-state index contributed by atoms with van der Waals surface area (Å²) in [5, 5.41) is 9.11. The van der Waals surface area contributed by atoms with Crippen molar-refractivity contribution >= 4 is 5.97 Å². The molecule has 0 aliphatic heterocycles. The molecule has 0 spiro atoms. The fourth-order valence-electron chi connectivity index (χ4n) is 2.00. The lowest BCUT2D eigenvalue weighted by Crippen LogP contribution is -2.06. The number of rotatable bonds is 5. The number of carboxylic acids is 1. The molecular formula is C14H16O3. The van der Waals surface area contributed by atoms with Crippen LogP contribution in [0.1, 0.15) is 47.5 Å². The largest absolute Gasteiger partial charge is 0.492 e. The standard InChI is InChI=1S/C14H16O3/c15-14(16)12-6-5-11(10-3-4-10)7-13(12)17-8-9-1-2-9/h5-7,9-10H,1-4,8H2,(H,15,16). The number of carboxylic acid groups (broad SMARTS) is 1. The Kier molecular flexibility index (Phi) is 2.54. The van der Waals surface area contributed by atoms with Crippen LogP contribution in [-0.4, -0.2) is 17.7 Å². The van der Waals surface area contributed by atoms with Crippen LogP contribution in [0.5, 0.6) is 5.75 Å². The molecule has 0 radical (unpaired) electrons. The zero-order valence-corrected chi connectivity index (χ0v) is 9.69. The van der Waals surface area contributed by atoms with Gasteiger partial charge in [-0.2, -0.15) is 0 Å². The van der Waals surface area contributed by atoms with Crippen molar-refractivity contribution in [1.29, 1.82) is 0 Å². The molecule has 90 valence electrons. The topological polar surface area (TPSA) is 46.5 Å². The van der Waals surface area contributed by atoms with E-state index in [1.54, 1.807) is 6.07 Å². The van der Waals surface area contributed by atoms with Gasteiger partial charge in [-0.15, -0.1) is 0 Å². The van der Waals surface area contributed by atoms with Crippen molar-refractivity contribution < 1.29 is 14.6 Å². The van der Waals surface area contributed by atoms with Gasteiger partial charge in [0.15, 0.2) is 0 Å². The first-order valence-corrected chi connectivity index (χ1v) is 6.24. The average molecular weight is 232 g/mol. The van der Waals surface area contributed by atoms with E-state index in [9.17, 15) is 4.79 Å². The molecule has 2 aliphatic carbocycles. The highest BCUT2D eigenvalue weighted by Crippen LogP contribution is 2.42. The molecule has 1 N–H and O–H groups in total. The summed E-state index contributed by atoms with van der Waals surface area (Å²) in [7, 11) is 0. The molecule has 1 aromatic carbocycles. The van der Waals surface area contributed by atoms with E-state index in [0.29, 0.717) is 24.2 Å². The Labute approximate surface area is 100 Å². The van der Waals surface area contributed by atoms with Crippen LogP contribution in [0.25, 0.3) is 0 Å². The van der Waals surface area contributed by atoms with Crippen molar-refractivity contribution in [3.8, 4) is 5.75 Å². The Balaban J connectivity index is 1.82. The molecule has 3 nitrogen and oxygen atoms in total. The Morgan fingerprint density at radius 2 is 2.06 bits per heavy atom. The molecule has 0 heterocycles. The number of hydrogen-bond acceptors (Lipinski definition) is 2. The number of aromatic carboxylic acids is 1. The SMILES string of the molecule is O=C(O)c1ccc(C2CC2)cc1OCC1CC1. The summed E-state index contributed by atoms with van der Waals surface area (Å²) in [6.45, 7) is 0.661. The molecule has 2 aliphatic rings. The first-order valence-electron chi connectivity index (χ1n) is 6.24. The van der Waals surface area contributed by atoms with Gasteiger partial charge in [-0.3, -0.25) is 0 Å². The molecule has 0 bridgehead atoms. The third-order valence-electron chi connectivity index (χ3n) is 3.46. The smallest absolute Gasteiger partial charge is 0.339 e. The Morgan fingerprint density at radius 1 is 1.29 bits per heavy atom. The van der Waals surface area contributed by atoms with Gasteiger partial charge in [-0.1, -0.05) is 6.07 Å². The second-order valence-electron chi connectivity index (χ2n) is 5.09. The van der Waals surface area contributed by atoms with Gasteiger partial charge in [-0.25, -0.2) is 4.79 Å². The van der Waals surface area contributed by atoms with Crippen LogP contribution in [0.15, 0.2) is 18.2 Å². The predicted molar refractivity (Wildman–Crippen MR) is 63.6 cm³/mol. The minimum atomic E-state index is -0.904. The maximum Gasteiger partial charge on any atom is 0.339 e. The maximum absolute atomic E-state index is 11.1. The first-order chi connectivity index (χ1) is 8.24. The molecule has 17 heavy (non-hydrogen) atoms. The Hall–Kier alpha value is -1.51. The Bertz CT molecular complexity index is 445. The highest BCUT2D eigenvalue weighted by Gasteiger charge is 2.26. The van der Waals surface area contributed by atoms with Gasteiger partial charge in [0, 0.05) is 0 Å². The summed E-state index contributed by atoms with van der Waals surface area (Å²) in [4.78, 5) is 11.1. The third kappa shape index (κ3) is 2.43. The van der Waals surface area contributed by atoms with E-state index in [1.807, 2.05) is 12.1 Å². The minimum absolute atomic E-state index is 0.287. The van der Waals surface area contributed by atoms with Crippen molar-refractivity contribution in [3.63, 3.8) is 0 Å². The zero-order valence-electron chi connectivity index (χ0n) is 9.69. The van der Waals surface area contributed by atoms with Gasteiger partial charge < -0.3 is 9.84 Å².